The molecule has 9 nitrogen and oxygen atoms in total. The smallest absolute Gasteiger partial charge is 0.253 e. The maximum absolute atomic E-state index is 13.8. The number of nitrogens with one attached hydrogen (secondary N) is 3. The topological polar surface area (TPSA) is 122 Å². The normalized spacial score (nSPS) is 18.2. The fourth-order valence-corrected chi connectivity index (χ4v) is 7.09. The van der Waals surface area contributed by atoms with Gasteiger partial charge in [-0.25, -0.2) is 13.1 Å². The first kappa shape index (κ1) is 28.1. The van der Waals surface area contributed by atoms with Crippen LogP contribution in [0.3, 0.4) is 0 Å². The fourth-order valence-electron chi connectivity index (χ4n) is 5.64. The highest BCUT2D eigenvalue weighted by molar-refractivity contribution is 7.89. The first-order valence-corrected chi connectivity index (χ1v) is 15.8. The van der Waals surface area contributed by atoms with E-state index in [0.29, 0.717) is 35.6 Å². The Labute approximate surface area is 246 Å². The Kier molecular flexibility index (Phi) is 7.59. The molecule has 0 spiro atoms. The predicted octanol–water partition coefficient (Wildman–Crippen LogP) is 5.48. The average molecular weight is 586 g/mol. The van der Waals surface area contributed by atoms with Crippen molar-refractivity contribution in [1.29, 1.82) is 0 Å². The highest BCUT2D eigenvalue weighted by atomic mass is 32.2. The molecule has 2 aliphatic rings. The summed E-state index contributed by atoms with van der Waals surface area (Å²) in [5.74, 6) is 0.917. The summed E-state index contributed by atoms with van der Waals surface area (Å²) in [7, 11) is -2.23. The number of anilines is 1. The van der Waals surface area contributed by atoms with Gasteiger partial charge in [0, 0.05) is 47.5 Å². The first-order valence-electron chi connectivity index (χ1n) is 14.3. The standard InChI is InChI=1S/C32H35N5O4S/c1-19(2)16-35-42(39,40)30-14-23-27(37-32(38)21-7-6-12-33-17-21)15-28(36-25-8-4-5-9-29(25)41-3)31(23)24-18-34-26(13-22(24)30)20-10-11-20/h4-9,12-14,17-20,27-28,35-36H,10-11,15-16H2,1-3H3,(H,37,38)/t27-,28-/m1/s1. The Bertz CT molecular complexity index is 1740. The summed E-state index contributed by atoms with van der Waals surface area (Å²) in [6.07, 6.45) is 7.55. The van der Waals surface area contributed by atoms with Gasteiger partial charge in [0.15, 0.2) is 0 Å². The summed E-state index contributed by atoms with van der Waals surface area (Å²) in [5, 5.41) is 8.16. The number of aromatic nitrogens is 2. The van der Waals surface area contributed by atoms with E-state index in [1.54, 1.807) is 31.5 Å². The summed E-state index contributed by atoms with van der Waals surface area (Å²) >= 11 is 0. The number of carbonyl (C=O) groups excluding carboxylic acids is 1. The van der Waals surface area contributed by atoms with Crippen molar-refractivity contribution < 1.29 is 17.9 Å². The molecule has 42 heavy (non-hydrogen) atoms. The van der Waals surface area contributed by atoms with Gasteiger partial charge in [-0.1, -0.05) is 26.0 Å². The monoisotopic (exact) mass is 585 g/mol. The van der Waals surface area contributed by atoms with E-state index in [2.05, 4.69) is 20.3 Å². The molecule has 2 aromatic carbocycles. The summed E-state index contributed by atoms with van der Waals surface area (Å²) in [5.41, 5.74) is 3.82. The van der Waals surface area contributed by atoms with E-state index in [1.807, 2.05) is 50.4 Å². The second-order valence-electron chi connectivity index (χ2n) is 11.5. The molecule has 2 atom stereocenters. The molecule has 0 aliphatic heterocycles. The molecular weight excluding hydrogens is 550 g/mol. The van der Waals surface area contributed by atoms with E-state index in [9.17, 15) is 13.2 Å². The Morgan fingerprint density at radius 1 is 1.05 bits per heavy atom. The van der Waals surface area contributed by atoms with Crippen LogP contribution in [0.25, 0.3) is 10.8 Å². The molecule has 2 aromatic heterocycles. The number of amides is 1. The van der Waals surface area contributed by atoms with Crippen molar-refractivity contribution in [3.05, 3.63) is 89.5 Å². The van der Waals surface area contributed by atoms with Gasteiger partial charge in [-0.2, -0.15) is 0 Å². The van der Waals surface area contributed by atoms with Crippen LogP contribution in [0.1, 0.15) is 78.3 Å². The largest absolute Gasteiger partial charge is 0.495 e. The van der Waals surface area contributed by atoms with Gasteiger partial charge in [0.1, 0.15) is 5.75 Å². The van der Waals surface area contributed by atoms with Gasteiger partial charge in [-0.05, 0) is 72.7 Å². The summed E-state index contributed by atoms with van der Waals surface area (Å²) < 4.78 is 36.0. The van der Waals surface area contributed by atoms with Crippen LogP contribution in [0.15, 0.2) is 72.0 Å². The van der Waals surface area contributed by atoms with Crippen LogP contribution in [-0.4, -0.2) is 37.9 Å². The van der Waals surface area contributed by atoms with Crippen LogP contribution in [0, 0.1) is 5.92 Å². The minimum absolute atomic E-state index is 0.144. The third kappa shape index (κ3) is 5.56. The number of hydrogen-bond acceptors (Lipinski definition) is 7. The van der Waals surface area contributed by atoms with Gasteiger partial charge in [0.25, 0.3) is 5.91 Å². The molecule has 2 aliphatic carbocycles. The molecule has 0 radical (unpaired) electrons. The molecule has 0 saturated heterocycles. The lowest BCUT2D eigenvalue weighted by molar-refractivity contribution is 0.0935. The Balaban J connectivity index is 1.51. The van der Waals surface area contributed by atoms with Gasteiger partial charge < -0.3 is 15.4 Å². The number of fused-ring (bicyclic) bond motifs is 3. The van der Waals surface area contributed by atoms with Crippen LogP contribution in [-0.2, 0) is 10.0 Å². The molecule has 218 valence electrons. The lowest BCUT2D eigenvalue weighted by Crippen LogP contribution is -2.29. The van der Waals surface area contributed by atoms with Crippen molar-refractivity contribution in [3.63, 3.8) is 0 Å². The number of carbonyl (C=O) groups is 1. The minimum Gasteiger partial charge on any atom is -0.495 e. The molecule has 3 N–H and O–H groups in total. The van der Waals surface area contributed by atoms with Crippen molar-refractivity contribution in [2.75, 3.05) is 19.0 Å². The molecule has 10 heteroatoms. The van der Waals surface area contributed by atoms with Gasteiger partial charge in [-0.15, -0.1) is 0 Å². The molecule has 4 aromatic rings. The van der Waals surface area contributed by atoms with Gasteiger partial charge in [0.2, 0.25) is 10.0 Å². The number of pyridine rings is 2. The molecular formula is C32H35N5O4S. The van der Waals surface area contributed by atoms with E-state index < -0.39 is 16.1 Å². The van der Waals surface area contributed by atoms with E-state index in [1.165, 1.54) is 6.20 Å². The molecule has 1 fully saturated rings. The highest BCUT2D eigenvalue weighted by Crippen LogP contribution is 2.48. The summed E-state index contributed by atoms with van der Waals surface area (Å²) in [6.45, 7) is 4.26. The number of methoxy groups -OCH3 is 1. The zero-order valence-electron chi connectivity index (χ0n) is 23.9. The Morgan fingerprint density at radius 2 is 1.86 bits per heavy atom. The third-order valence-electron chi connectivity index (χ3n) is 7.91. The number of rotatable bonds is 10. The van der Waals surface area contributed by atoms with E-state index in [-0.39, 0.29) is 22.8 Å². The lowest BCUT2D eigenvalue weighted by atomic mass is 9.98. The summed E-state index contributed by atoms with van der Waals surface area (Å²) in [4.78, 5) is 22.4. The number of ether oxygens (including phenoxy) is 1. The minimum atomic E-state index is -3.86. The number of nitrogens with zero attached hydrogens (tertiary/aromatic N) is 2. The van der Waals surface area contributed by atoms with E-state index in [4.69, 9.17) is 9.72 Å². The number of para-hydroxylation sites is 2. The van der Waals surface area contributed by atoms with Gasteiger partial charge >= 0.3 is 0 Å². The second-order valence-corrected chi connectivity index (χ2v) is 13.2. The molecule has 6 rings (SSSR count). The van der Waals surface area contributed by atoms with Crippen molar-refractivity contribution in [2.45, 2.75) is 56.0 Å². The Hall–Kier alpha value is -4.02. The van der Waals surface area contributed by atoms with Gasteiger partial charge in [-0.3, -0.25) is 14.8 Å². The van der Waals surface area contributed by atoms with E-state index in [0.717, 1.165) is 40.7 Å². The summed E-state index contributed by atoms with van der Waals surface area (Å²) in [6, 6.07) is 14.1. The molecule has 0 unspecified atom stereocenters. The van der Waals surface area contributed by atoms with Crippen LogP contribution in [0.2, 0.25) is 0 Å². The van der Waals surface area contributed by atoms with Gasteiger partial charge in [0.05, 0.1) is 35.3 Å². The highest BCUT2D eigenvalue weighted by Gasteiger charge is 2.37. The predicted molar refractivity (Wildman–Crippen MR) is 162 cm³/mol. The fraction of sp³-hybridized carbons (Fsp3) is 0.344. The SMILES string of the molecule is COc1ccccc1N[C@@H]1C[C@@H](NC(=O)c2cccnc2)c2cc(S(=O)(=O)NCC(C)C)c3cc(C4CC4)ncc3c21. The van der Waals surface area contributed by atoms with Crippen molar-refractivity contribution in [3.8, 4) is 5.75 Å². The maximum atomic E-state index is 13.8. The molecule has 1 saturated carbocycles. The average Bonchev–Trinajstić information content (AvgIpc) is 3.79. The number of sulfonamides is 1. The van der Waals surface area contributed by atoms with Crippen LogP contribution < -0.4 is 20.1 Å². The second kappa shape index (κ2) is 11.3. The number of benzene rings is 2. The quantitative estimate of drug-likeness (QED) is 0.225. The molecule has 0 bridgehead atoms. The first-order chi connectivity index (χ1) is 20.2. The van der Waals surface area contributed by atoms with Crippen molar-refractivity contribution in [2.24, 2.45) is 5.92 Å². The zero-order valence-corrected chi connectivity index (χ0v) is 24.7. The zero-order chi connectivity index (χ0) is 29.4. The van der Waals surface area contributed by atoms with Crippen molar-refractivity contribution in [1.82, 2.24) is 20.0 Å². The maximum Gasteiger partial charge on any atom is 0.253 e. The lowest BCUT2D eigenvalue weighted by Gasteiger charge is -2.20. The van der Waals surface area contributed by atoms with Crippen LogP contribution >= 0.6 is 0 Å². The third-order valence-corrected chi connectivity index (χ3v) is 9.37. The van der Waals surface area contributed by atoms with Crippen LogP contribution in [0.5, 0.6) is 5.75 Å². The Morgan fingerprint density at radius 3 is 2.57 bits per heavy atom. The number of hydrogen-bond donors (Lipinski definition) is 3. The van der Waals surface area contributed by atoms with Crippen molar-refractivity contribution >= 4 is 32.4 Å². The molecule has 1 amide bonds. The molecule has 2 heterocycles. The van der Waals surface area contributed by atoms with Crippen LogP contribution in [0.4, 0.5) is 5.69 Å². The van der Waals surface area contributed by atoms with E-state index >= 15 is 0 Å².